The van der Waals surface area contributed by atoms with E-state index in [0.717, 1.165) is 50.9 Å². The Labute approximate surface area is 131 Å². The maximum atomic E-state index is 12.2. The van der Waals surface area contributed by atoms with Crippen molar-refractivity contribution in [1.29, 1.82) is 0 Å². The van der Waals surface area contributed by atoms with Crippen LogP contribution < -0.4 is 10.6 Å². The molecule has 20 heavy (non-hydrogen) atoms. The molecule has 0 radical (unpaired) electrons. The first-order valence-corrected chi connectivity index (χ1v) is 7.39. The normalized spacial score (nSPS) is 13.0. The lowest BCUT2D eigenvalue weighted by Gasteiger charge is -2.17. The van der Waals surface area contributed by atoms with Crippen molar-refractivity contribution in [2.45, 2.75) is 38.5 Å². The molecular weight excluding hydrogens is 295 g/mol. The summed E-state index contributed by atoms with van der Waals surface area (Å²) in [6.45, 7) is 1.53. The zero-order valence-electron chi connectivity index (χ0n) is 11.6. The fourth-order valence-corrected chi connectivity index (χ4v) is 2.69. The molecule has 1 aliphatic heterocycles. The summed E-state index contributed by atoms with van der Waals surface area (Å²) in [6, 6.07) is 5.81. The maximum absolute atomic E-state index is 12.2. The van der Waals surface area contributed by atoms with E-state index in [1.807, 2.05) is 23.1 Å². The Balaban J connectivity index is 0.00000200. The number of carbonyl (C=O) groups excluding carboxylic acids is 1. The summed E-state index contributed by atoms with van der Waals surface area (Å²) >= 11 is 6.01. The number of fused-ring (bicyclic) bond motifs is 1. The molecule has 0 unspecified atom stereocenters. The molecule has 0 bridgehead atoms. The first-order valence-electron chi connectivity index (χ1n) is 7.01. The third-order valence-electron chi connectivity index (χ3n) is 3.59. The van der Waals surface area contributed by atoms with Gasteiger partial charge in [-0.2, -0.15) is 0 Å². The quantitative estimate of drug-likeness (QED) is 0.816. The summed E-state index contributed by atoms with van der Waals surface area (Å²) in [5.41, 5.74) is 7.67. The van der Waals surface area contributed by atoms with E-state index < -0.39 is 0 Å². The third-order valence-corrected chi connectivity index (χ3v) is 3.82. The number of hydrogen-bond donors (Lipinski definition) is 1. The van der Waals surface area contributed by atoms with Crippen LogP contribution in [0.25, 0.3) is 0 Å². The van der Waals surface area contributed by atoms with Gasteiger partial charge in [-0.1, -0.05) is 30.5 Å². The monoisotopic (exact) mass is 316 g/mol. The van der Waals surface area contributed by atoms with Crippen molar-refractivity contribution in [3.63, 3.8) is 0 Å². The lowest BCUT2D eigenvalue weighted by atomic mass is 10.1. The first-order chi connectivity index (χ1) is 9.22. The van der Waals surface area contributed by atoms with Crippen LogP contribution in [0.15, 0.2) is 18.2 Å². The van der Waals surface area contributed by atoms with Crippen LogP contribution in [0.4, 0.5) is 5.69 Å². The molecule has 2 N–H and O–H groups in total. The minimum absolute atomic E-state index is 0. The van der Waals surface area contributed by atoms with Crippen LogP contribution in [0.3, 0.4) is 0 Å². The minimum Gasteiger partial charge on any atom is -0.330 e. The summed E-state index contributed by atoms with van der Waals surface area (Å²) in [4.78, 5) is 14.1. The molecule has 112 valence electrons. The van der Waals surface area contributed by atoms with Gasteiger partial charge in [0, 0.05) is 23.7 Å². The maximum Gasteiger partial charge on any atom is 0.226 e. The molecule has 0 fully saturated rings. The highest BCUT2D eigenvalue weighted by Gasteiger charge is 2.24. The predicted octanol–water partition coefficient (Wildman–Crippen LogP) is 3.56. The van der Waals surface area contributed by atoms with Gasteiger partial charge in [-0.05, 0) is 43.5 Å². The Morgan fingerprint density at radius 1 is 1.25 bits per heavy atom. The van der Waals surface area contributed by atoms with E-state index in [-0.39, 0.29) is 18.3 Å². The lowest BCUT2D eigenvalue weighted by molar-refractivity contribution is -0.118. The number of anilines is 1. The fourth-order valence-electron chi connectivity index (χ4n) is 2.52. The number of nitrogens with two attached hydrogens (primary N) is 1. The molecule has 1 aromatic rings. The second-order valence-corrected chi connectivity index (χ2v) is 5.46. The van der Waals surface area contributed by atoms with Crippen LogP contribution in [0.5, 0.6) is 0 Å². The number of unbranched alkanes of at least 4 members (excludes halogenated alkanes) is 3. The smallest absolute Gasteiger partial charge is 0.226 e. The number of amides is 1. The largest absolute Gasteiger partial charge is 0.330 e. The Morgan fingerprint density at radius 2 is 2.00 bits per heavy atom. The molecule has 3 nitrogen and oxygen atoms in total. The molecule has 0 aliphatic carbocycles. The molecule has 0 saturated carbocycles. The molecule has 1 aliphatic rings. The van der Waals surface area contributed by atoms with Gasteiger partial charge in [-0.25, -0.2) is 0 Å². The highest BCUT2D eigenvalue weighted by molar-refractivity contribution is 6.31. The average molecular weight is 317 g/mol. The Morgan fingerprint density at radius 3 is 2.75 bits per heavy atom. The first kappa shape index (κ1) is 17.3. The Hall–Kier alpha value is -0.770. The van der Waals surface area contributed by atoms with Gasteiger partial charge in [-0.15, -0.1) is 12.4 Å². The van der Waals surface area contributed by atoms with E-state index in [1.54, 1.807) is 0 Å². The van der Waals surface area contributed by atoms with Crippen LogP contribution in [0.1, 0.15) is 37.7 Å². The number of hydrogen-bond acceptors (Lipinski definition) is 2. The summed E-state index contributed by atoms with van der Waals surface area (Å²) < 4.78 is 0. The molecule has 0 aromatic heterocycles. The number of nitrogens with zero attached hydrogens (tertiary/aromatic N) is 1. The van der Waals surface area contributed by atoms with Crippen LogP contribution >= 0.6 is 24.0 Å². The SMILES string of the molecule is Cl.NCCCCCCC(=O)N1CCc2ccc(Cl)cc21. The van der Waals surface area contributed by atoms with Crippen molar-refractivity contribution in [3.05, 3.63) is 28.8 Å². The molecule has 2 rings (SSSR count). The van der Waals surface area contributed by atoms with E-state index in [0.29, 0.717) is 11.4 Å². The van der Waals surface area contributed by atoms with Gasteiger partial charge in [0.1, 0.15) is 0 Å². The molecule has 1 heterocycles. The van der Waals surface area contributed by atoms with Crippen LogP contribution in [0.2, 0.25) is 5.02 Å². The van der Waals surface area contributed by atoms with Gasteiger partial charge in [0.25, 0.3) is 0 Å². The topological polar surface area (TPSA) is 46.3 Å². The molecule has 1 aromatic carbocycles. The second kappa shape index (κ2) is 8.50. The third kappa shape index (κ3) is 4.37. The minimum atomic E-state index is 0. The highest BCUT2D eigenvalue weighted by Crippen LogP contribution is 2.31. The standard InChI is InChI=1S/C15H21ClN2O.ClH/c16-13-7-6-12-8-10-18(14(12)11-13)15(19)5-3-1-2-4-9-17;/h6-7,11H,1-5,8-10,17H2;1H. The number of benzene rings is 1. The predicted molar refractivity (Wildman–Crippen MR) is 86.9 cm³/mol. The van der Waals surface area contributed by atoms with Gasteiger partial charge < -0.3 is 10.6 Å². The average Bonchev–Trinajstić information content (AvgIpc) is 2.81. The van der Waals surface area contributed by atoms with Gasteiger partial charge in [0.15, 0.2) is 0 Å². The summed E-state index contributed by atoms with van der Waals surface area (Å²) in [5, 5.41) is 0.696. The van der Waals surface area contributed by atoms with Crippen molar-refractivity contribution in [2.24, 2.45) is 5.73 Å². The summed E-state index contributed by atoms with van der Waals surface area (Å²) in [5.74, 6) is 0.216. The van der Waals surface area contributed by atoms with E-state index in [4.69, 9.17) is 17.3 Å². The van der Waals surface area contributed by atoms with E-state index >= 15 is 0 Å². The summed E-state index contributed by atoms with van der Waals surface area (Å²) in [6.07, 6.45) is 5.76. The Kier molecular flexibility index (Phi) is 7.35. The molecule has 0 spiro atoms. The van der Waals surface area contributed by atoms with Gasteiger partial charge in [-0.3, -0.25) is 4.79 Å². The molecule has 0 atom stereocenters. The van der Waals surface area contributed by atoms with Crippen molar-refractivity contribution < 1.29 is 4.79 Å². The molecule has 0 saturated heterocycles. The van der Waals surface area contributed by atoms with Crippen molar-refractivity contribution >= 4 is 35.6 Å². The van der Waals surface area contributed by atoms with Crippen LogP contribution in [-0.2, 0) is 11.2 Å². The second-order valence-electron chi connectivity index (χ2n) is 5.02. The van der Waals surface area contributed by atoms with Crippen LogP contribution in [-0.4, -0.2) is 19.0 Å². The fraction of sp³-hybridized carbons (Fsp3) is 0.533. The van der Waals surface area contributed by atoms with Crippen molar-refractivity contribution in [2.75, 3.05) is 18.0 Å². The van der Waals surface area contributed by atoms with Crippen LogP contribution in [0, 0.1) is 0 Å². The zero-order chi connectivity index (χ0) is 13.7. The number of carbonyl (C=O) groups is 1. The van der Waals surface area contributed by atoms with Crippen molar-refractivity contribution in [1.82, 2.24) is 0 Å². The van der Waals surface area contributed by atoms with E-state index in [2.05, 4.69) is 0 Å². The highest BCUT2D eigenvalue weighted by atomic mass is 35.5. The van der Waals surface area contributed by atoms with Crippen molar-refractivity contribution in [3.8, 4) is 0 Å². The molecule has 1 amide bonds. The molecular formula is C15H22Cl2N2O. The van der Waals surface area contributed by atoms with Gasteiger partial charge >= 0.3 is 0 Å². The molecule has 5 heteroatoms. The van der Waals surface area contributed by atoms with E-state index in [9.17, 15) is 4.79 Å². The number of halogens is 2. The van der Waals surface area contributed by atoms with Gasteiger partial charge in [0.05, 0.1) is 0 Å². The van der Waals surface area contributed by atoms with Gasteiger partial charge in [0.2, 0.25) is 5.91 Å². The van der Waals surface area contributed by atoms with E-state index in [1.165, 1.54) is 5.56 Å². The number of rotatable bonds is 6. The Bertz CT molecular complexity index is 451. The summed E-state index contributed by atoms with van der Waals surface area (Å²) in [7, 11) is 0. The zero-order valence-corrected chi connectivity index (χ0v) is 13.2. The lowest BCUT2D eigenvalue weighted by Crippen LogP contribution is -2.28.